The van der Waals surface area contributed by atoms with Gasteiger partial charge in [0.15, 0.2) is 11.5 Å². The van der Waals surface area contributed by atoms with E-state index < -0.39 is 0 Å². The molecular formula is C21H27NO4. The fourth-order valence-electron chi connectivity index (χ4n) is 3.23. The second kappa shape index (κ2) is 8.92. The van der Waals surface area contributed by atoms with Crippen LogP contribution in [0, 0.1) is 0 Å². The van der Waals surface area contributed by atoms with E-state index >= 15 is 0 Å². The Bertz CT molecular complexity index is 719. The Labute approximate surface area is 155 Å². The van der Waals surface area contributed by atoms with Crippen LogP contribution in [-0.2, 0) is 13.1 Å². The summed E-state index contributed by atoms with van der Waals surface area (Å²) in [4.78, 5) is 2.26. The smallest absolute Gasteiger partial charge is 0.231 e. The Balaban J connectivity index is 1.73. The highest BCUT2D eigenvalue weighted by Gasteiger charge is 2.17. The molecule has 1 aliphatic rings. The largest absolute Gasteiger partial charge is 0.497 e. The van der Waals surface area contributed by atoms with E-state index in [2.05, 4.69) is 24.0 Å². The topological polar surface area (TPSA) is 51.2 Å². The molecule has 0 bridgehead atoms. The van der Waals surface area contributed by atoms with Gasteiger partial charge in [-0.05, 0) is 41.8 Å². The molecule has 0 spiro atoms. The number of nitrogens with zero attached hydrogens (tertiary/aromatic N) is 1. The summed E-state index contributed by atoms with van der Waals surface area (Å²) in [5.74, 6) is 2.43. The molecule has 1 aliphatic heterocycles. The number of aliphatic hydroxyl groups is 1. The van der Waals surface area contributed by atoms with Crippen LogP contribution in [0.2, 0.25) is 0 Å². The van der Waals surface area contributed by atoms with Gasteiger partial charge in [0.2, 0.25) is 6.79 Å². The molecule has 0 aromatic heterocycles. The van der Waals surface area contributed by atoms with Crippen LogP contribution in [0.1, 0.15) is 30.9 Å². The third kappa shape index (κ3) is 4.90. The fraction of sp³-hybridized carbons (Fsp3) is 0.429. The predicted octanol–water partition coefficient (Wildman–Crippen LogP) is 3.59. The molecule has 140 valence electrons. The van der Waals surface area contributed by atoms with E-state index in [1.54, 1.807) is 7.11 Å². The van der Waals surface area contributed by atoms with Gasteiger partial charge < -0.3 is 19.3 Å². The number of benzene rings is 2. The second-order valence-electron chi connectivity index (χ2n) is 6.65. The maximum Gasteiger partial charge on any atom is 0.231 e. The van der Waals surface area contributed by atoms with E-state index in [-0.39, 0.29) is 12.9 Å². The lowest BCUT2D eigenvalue weighted by Crippen LogP contribution is -2.31. The van der Waals surface area contributed by atoms with Crippen molar-refractivity contribution in [3.63, 3.8) is 0 Å². The molecule has 1 unspecified atom stereocenters. The van der Waals surface area contributed by atoms with E-state index in [9.17, 15) is 5.11 Å². The maximum absolute atomic E-state index is 10.3. The molecule has 3 rings (SSSR count). The van der Waals surface area contributed by atoms with Crippen LogP contribution in [0.15, 0.2) is 42.5 Å². The highest BCUT2D eigenvalue weighted by molar-refractivity contribution is 5.44. The number of methoxy groups -OCH3 is 1. The highest BCUT2D eigenvalue weighted by atomic mass is 16.7. The van der Waals surface area contributed by atoms with Crippen LogP contribution in [0.25, 0.3) is 0 Å². The minimum atomic E-state index is -0.334. The lowest BCUT2D eigenvalue weighted by Gasteiger charge is -2.25. The molecule has 0 saturated heterocycles. The van der Waals surface area contributed by atoms with Gasteiger partial charge in [0.1, 0.15) is 5.75 Å². The van der Waals surface area contributed by atoms with Crippen molar-refractivity contribution in [1.29, 1.82) is 0 Å². The van der Waals surface area contributed by atoms with Crippen LogP contribution >= 0.6 is 0 Å². The molecule has 5 heteroatoms. The average molecular weight is 357 g/mol. The summed E-state index contributed by atoms with van der Waals surface area (Å²) in [6.45, 7) is 4.47. The fourth-order valence-corrected chi connectivity index (χ4v) is 3.23. The maximum atomic E-state index is 10.3. The summed E-state index contributed by atoms with van der Waals surface area (Å²) in [5, 5.41) is 10.3. The minimum absolute atomic E-state index is 0.279. The van der Waals surface area contributed by atoms with Gasteiger partial charge in [-0.25, -0.2) is 0 Å². The van der Waals surface area contributed by atoms with Gasteiger partial charge in [0.25, 0.3) is 0 Å². The molecule has 0 fully saturated rings. The van der Waals surface area contributed by atoms with Crippen LogP contribution in [0.4, 0.5) is 0 Å². The number of rotatable bonds is 9. The second-order valence-corrected chi connectivity index (χ2v) is 6.65. The van der Waals surface area contributed by atoms with Crippen molar-refractivity contribution in [3.8, 4) is 17.2 Å². The van der Waals surface area contributed by atoms with E-state index in [1.165, 1.54) is 0 Å². The van der Waals surface area contributed by atoms with Crippen LogP contribution in [0.3, 0.4) is 0 Å². The first-order chi connectivity index (χ1) is 12.7. The van der Waals surface area contributed by atoms with Gasteiger partial charge in [-0.2, -0.15) is 0 Å². The van der Waals surface area contributed by atoms with Crippen molar-refractivity contribution >= 4 is 0 Å². The van der Waals surface area contributed by atoms with Crippen molar-refractivity contribution in [2.75, 3.05) is 20.4 Å². The lowest BCUT2D eigenvalue weighted by molar-refractivity contribution is 0.0970. The molecule has 0 saturated carbocycles. The van der Waals surface area contributed by atoms with E-state index in [0.717, 1.165) is 54.3 Å². The standard InChI is InChI=1S/C21H27NO4/c1-3-5-18(23)14-22(12-16-6-4-7-19(10-16)24-2)13-17-8-9-20-21(11-17)26-15-25-20/h4,6-11,18,23H,3,5,12-15H2,1-2H3. The molecule has 1 N–H and O–H groups in total. The highest BCUT2D eigenvalue weighted by Crippen LogP contribution is 2.33. The van der Waals surface area contributed by atoms with Crippen molar-refractivity contribution in [1.82, 2.24) is 4.90 Å². The van der Waals surface area contributed by atoms with Gasteiger partial charge in [-0.1, -0.05) is 31.5 Å². The average Bonchev–Trinajstić information content (AvgIpc) is 3.09. The summed E-state index contributed by atoms with van der Waals surface area (Å²) in [7, 11) is 1.68. The zero-order valence-electron chi connectivity index (χ0n) is 15.5. The van der Waals surface area contributed by atoms with Gasteiger partial charge in [0, 0.05) is 19.6 Å². The normalized spacial score (nSPS) is 13.8. The quantitative estimate of drug-likeness (QED) is 0.743. The lowest BCUT2D eigenvalue weighted by atomic mass is 10.1. The molecule has 5 nitrogen and oxygen atoms in total. The summed E-state index contributed by atoms with van der Waals surface area (Å²) in [6.07, 6.45) is 1.44. The van der Waals surface area contributed by atoms with Crippen LogP contribution in [-0.4, -0.2) is 36.6 Å². The summed E-state index contributed by atoms with van der Waals surface area (Å²) >= 11 is 0. The van der Waals surface area contributed by atoms with Gasteiger partial charge >= 0.3 is 0 Å². The molecule has 0 amide bonds. The molecule has 2 aromatic carbocycles. The Morgan fingerprint density at radius 2 is 1.85 bits per heavy atom. The molecule has 26 heavy (non-hydrogen) atoms. The van der Waals surface area contributed by atoms with Gasteiger partial charge in [-0.3, -0.25) is 4.90 Å². The van der Waals surface area contributed by atoms with Gasteiger partial charge in [-0.15, -0.1) is 0 Å². The third-order valence-electron chi connectivity index (χ3n) is 4.47. The van der Waals surface area contributed by atoms with Crippen molar-refractivity contribution in [2.45, 2.75) is 39.0 Å². The van der Waals surface area contributed by atoms with Crippen molar-refractivity contribution in [3.05, 3.63) is 53.6 Å². The Hall–Kier alpha value is -2.24. The molecular weight excluding hydrogens is 330 g/mol. The monoisotopic (exact) mass is 357 g/mol. The molecule has 2 aromatic rings. The molecule has 1 atom stereocenters. The first kappa shape index (κ1) is 18.5. The van der Waals surface area contributed by atoms with E-state index in [1.807, 2.05) is 30.3 Å². The minimum Gasteiger partial charge on any atom is -0.497 e. The van der Waals surface area contributed by atoms with Crippen LogP contribution in [0.5, 0.6) is 17.2 Å². The number of hydrogen-bond donors (Lipinski definition) is 1. The summed E-state index contributed by atoms with van der Waals surface area (Å²) in [5.41, 5.74) is 2.30. The Morgan fingerprint density at radius 3 is 2.62 bits per heavy atom. The summed E-state index contributed by atoms with van der Waals surface area (Å²) < 4.78 is 16.2. The molecule has 0 radical (unpaired) electrons. The number of hydrogen-bond acceptors (Lipinski definition) is 5. The SMILES string of the molecule is CCCC(O)CN(Cc1cccc(OC)c1)Cc1ccc2c(c1)OCO2. The van der Waals surface area contributed by atoms with Crippen molar-refractivity contribution in [2.24, 2.45) is 0 Å². The Morgan fingerprint density at radius 1 is 1.08 bits per heavy atom. The summed E-state index contributed by atoms with van der Waals surface area (Å²) in [6, 6.07) is 14.1. The van der Waals surface area contributed by atoms with Gasteiger partial charge in [0.05, 0.1) is 13.2 Å². The molecule has 0 aliphatic carbocycles. The molecule has 1 heterocycles. The van der Waals surface area contributed by atoms with Crippen molar-refractivity contribution < 1.29 is 19.3 Å². The Kier molecular flexibility index (Phi) is 6.36. The first-order valence-electron chi connectivity index (χ1n) is 9.09. The third-order valence-corrected chi connectivity index (χ3v) is 4.47. The number of ether oxygens (including phenoxy) is 3. The zero-order chi connectivity index (χ0) is 18.4. The number of fused-ring (bicyclic) bond motifs is 1. The van der Waals surface area contributed by atoms with E-state index in [4.69, 9.17) is 14.2 Å². The predicted molar refractivity (Wildman–Crippen MR) is 101 cm³/mol. The first-order valence-corrected chi connectivity index (χ1v) is 9.09. The van der Waals surface area contributed by atoms with Crippen LogP contribution < -0.4 is 14.2 Å². The number of aliphatic hydroxyl groups excluding tert-OH is 1. The van der Waals surface area contributed by atoms with E-state index in [0.29, 0.717) is 6.54 Å². The zero-order valence-corrected chi connectivity index (χ0v) is 15.5.